The lowest BCUT2D eigenvalue weighted by Gasteiger charge is -2.38. The summed E-state index contributed by atoms with van der Waals surface area (Å²) in [5, 5.41) is 3.54. The molecule has 30 heavy (non-hydrogen) atoms. The fraction of sp³-hybridized carbons (Fsp3) is 0.500. The predicted molar refractivity (Wildman–Crippen MR) is 117 cm³/mol. The zero-order valence-electron chi connectivity index (χ0n) is 17.6. The van der Waals surface area contributed by atoms with Gasteiger partial charge < -0.3 is 15.0 Å². The quantitative estimate of drug-likeness (QED) is 0.647. The molecule has 160 valence electrons. The average Bonchev–Trinajstić information content (AvgIpc) is 3.16. The molecule has 0 radical (unpaired) electrons. The van der Waals surface area contributed by atoms with E-state index in [-0.39, 0.29) is 11.9 Å². The highest BCUT2D eigenvalue weighted by Gasteiger charge is 2.34. The molecule has 6 heteroatoms. The Balaban J connectivity index is 1.37. The average molecular weight is 409 g/mol. The smallest absolute Gasteiger partial charge is 0.222 e. The summed E-state index contributed by atoms with van der Waals surface area (Å²) in [5.41, 5.74) is 2.47. The monoisotopic (exact) mass is 408 g/mol. The molecule has 0 spiro atoms. The third-order valence-corrected chi connectivity index (χ3v) is 6.20. The second-order valence-corrected chi connectivity index (χ2v) is 8.14. The van der Waals surface area contributed by atoms with Crippen molar-refractivity contribution in [1.82, 2.24) is 20.1 Å². The van der Waals surface area contributed by atoms with E-state index in [0.29, 0.717) is 12.5 Å². The van der Waals surface area contributed by atoms with Crippen LogP contribution in [0, 0.1) is 0 Å². The van der Waals surface area contributed by atoms with Crippen molar-refractivity contribution >= 4 is 5.91 Å². The zero-order chi connectivity index (χ0) is 20.6. The molecule has 1 N–H and O–H groups in total. The minimum atomic E-state index is 0.171. The number of nitrogens with zero attached hydrogens (tertiary/aromatic N) is 3. The molecule has 1 amide bonds. The molecular formula is C24H32N4O2. The Labute approximate surface area is 179 Å². The molecule has 2 saturated heterocycles. The summed E-state index contributed by atoms with van der Waals surface area (Å²) < 4.78 is 5.55. The maximum atomic E-state index is 12.7. The number of rotatable bonds is 9. The van der Waals surface area contributed by atoms with Crippen LogP contribution in [0.15, 0.2) is 54.9 Å². The van der Waals surface area contributed by atoms with E-state index in [4.69, 9.17) is 4.74 Å². The molecule has 1 aromatic heterocycles. The molecule has 3 heterocycles. The van der Waals surface area contributed by atoms with Crippen LogP contribution in [0.1, 0.15) is 36.4 Å². The highest BCUT2D eigenvalue weighted by atomic mass is 16.5. The lowest BCUT2D eigenvalue weighted by molar-refractivity contribution is -0.130. The largest absolute Gasteiger partial charge is 0.379 e. The summed E-state index contributed by atoms with van der Waals surface area (Å²) >= 11 is 0. The SMILES string of the molecule is O=C1CC[C@@H](CCNCc2ccccc2)N1C[C@@H](c1cccnc1)N1CCOCC1. The van der Waals surface area contributed by atoms with E-state index >= 15 is 0 Å². The molecule has 0 bridgehead atoms. The van der Waals surface area contributed by atoms with Gasteiger partial charge in [0.05, 0.1) is 19.3 Å². The number of carbonyl (C=O) groups excluding carboxylic acids is 1. The van der Waals surface area contributed by atoms with E-state index in [1.165, 1.54) is 11.1 Å². The Hall–Kier alpha value is -2.28. The highest BCUT2D eigenvalue weighted by Crippen LogP contribution is 2.28. The summed E-state index contributed by atoms with van der Waals surface area (Å²) in [6.45, 7) is 5.80. The van der Waals surface area contributed by atoms with Gasteiger partial charge in [-0.2, -0.15) is 0 Å². The Bertz CT molecular complexity index is 780. The topological polar surface area (TPSA) is 57.7 Å². The second-order valence-electron chi connectivity index (χ2n) is 8.14. The maximum Gasteiger partial charge on any atom is 0.222 e. The van der Waals surface area contributed by atoms with Crippen LogP contribution in [-0.2, 0) is 16.1 Å². The number of hydrogen-bond donors (Lipinski definition) is 1. The zero-order valence-corrected chi connectivity index (χ0v) is 17.6. The predicted octanol–water partition coefficient (Wildman–Crippen LogP) is 2.63. The van der Waals surface area contributed by atoms with Gasteiger partial charge in [0.2, 0.25) is 5.91 Å². The fourth-order valence-electron chi connectivity index (χ4n) is 4.52. The first-order valence-electron chi connectivity index (χ1n) is 11.1. The number of nitrogens with one attached hydrogen (secondary N) is 1. The van der Waals surface area contributed by atoms with Crippen LogP contribution < -0.4 is 5.32 Å². The first-order chi connectivity index (χ1) is 14.8. The molecule has 2 atom stereocenters. The molecule has 0 unspecified atom stereocenters. The first-order valence-corrected chi connectivity index (χ1v) is 11.1. The number of morpholine rings is 1. The molecule has 2 aromatic rings. The normalized spacial score (nSPS) is 21.1. The number of ether oxygens (including phenoxy) is 1. The van der Waals surface area contributed by atoms with E-state index in [9.17, 15) is 4.79 Å². The van der Waals surface area contributed by atoms with Crippen LogP contribution in [0.2, 0.25) is 0 Å². The number of pyridine rings is 1. The van der Waals surface area contributed by atoms with E-state index in [1.807, 2.05) is 24.5 Å². The van der Waals surface area contributed by atoms with Crippen molar-refractivity contribution in [1.29, 1.82) is 0 Å². The van der Waals surface area contributed by atoms with E-state index in [2.05, 4.69) is 50.4 Å². The van der Waals surface area contributed by atoms with Crippen molar-refractivity contribution in [2.75, 3.05) is 39.4 Å². The minimum Gasteiger partial charge on any atom is -0.379 e. The molecule has 0 saturated carbocycles. The van der Waals surface area contributed by atoms with Crippen molar-refractivity contribution in [3.05, 3.63) is 66.0 Å². The number of carbonyl (C=O) groups is 1. The standard InChI is InChI=1S/C24H32N4O2/c29-24-9-8-22(10-12-26-17-20-5-2-1-3-6-20)28(24)19-23(21-7-4-11-25-18-21)27-13-15-30-16-14-27/h1-7,11,18,22-23,26H,8-10,12-17,19H2/t22-,23-/m0/s1. The van der Waals surface area contributed by atoms with Crippen molar-refractivity contribution in [3.8, 4) is 0 Å². The van der Waals surface area contributed by atoms with Crippen LogP contribution in [0.25, 0.3) is 0 Å². The van der Waals surface area contributed by atoms with Gasteiger partial charge in [0.25, 0.3) is 0 Å². The van der Waals surface area contributed by atoms with E-state index < -0.39 is 0 Å². The highest BCUT2D eigenvalue weighted by molar-refractivity contribution is 5.78. The molecule has 2 aliphatic rings. The van der Waals surface area contributed by atoms with Gasteiger partial charge in [-0.25, -0.2) is 0 Å². The van der Waals surface area contributed by atoms with Gasteiger partial charge in [-0.3, -0.25) is 14.7 Å². The number of aromatic nitrogens is 1. The lowest BCUT2D eigenvalue weighted by Crippen LogP contribution is -2.46. The summed E-state index contributed by atoms with van der Waals surface area (Å²) in [6.07, 6.45) is 6.35. The number of likely N-dealkylation sites (tertiary alicyclic amines) is 1. The Morgan fingerprint density at radius 3 is 2.73 bits per heavy atom. The van der Waals surface area contributed by atoms with Crippen molar-refractivity contribution < 1.29 is 9.53 Å². The summed E-state index contributed by atoms with van der Waals surface area (Å²) in [7, 11) is 0. The molecule has 1 aromatic carbocycles. The van der Waals surface area contributed by atoms with Gasteiger partial charge in [-0.15, -0.1) is 0 Å². The number of benzene rings is 1. The molecule has 0 aliphatic carbocycles. The van der Waals surface area contributed by atoms with Crippen LogP contribution >= 0.6 is 0 Å². The number of hydrogen-bond acceptors (Lipinski definition) is 5. The molecule has 6 nitrogen and oxygen atoms in total. The Morgan fingerprint density at radius 2 is 1.97 bits per heavy atom. The maximum absolute atomic E-state index is 12.7. The lowest BCUT2D eigenvalue weighted by atomic mass is 10.0. The fourth-order valence-corrected chi connectivity index (χ4v) is 4.52. The van der Waals surface area contributed by atoms with Gasteiger partial charge >= 0.3 is 0 Å². The van der Waals surface area contributed by atoms with Crippen molar-refractivity contribution in [2.45, 2.75) is 37.9 Å². The second kappa shape index (κ2) is 10.7. The van der Waals surface area contributed by atoms with Gasteiger partial charge in [0.1, 0.15) is 0 Å². The van der Waals surface area contributed by atoms with Crippen LogP contribution in [0.3, 0.4) is 0 Å². The van der Waals surface area contributed by atoms with Gasteiger partial charge in [0.15, 0.2) is 0 Å². The molecule has 2 fully saturated rings. The van der Waals surface area contributed by atoms with E-state index in [0.717, 1.165) is 58.8 Å². The minimum absolute atomic E-state index is 0.171. The Morgan fingerprint density at radius 1 is 1.13 bits per heavy atom. The van der Waals surface area contributed by atoms with Gasteiger partial charge in [-0.1, -0.05) is 36.4 Å². The third kappa shape index (κ3) is 5.45. The third-order valence-electron chi connectivity index (χ3n) is 6.20. The van der Waals surface area contributed by atoms with Gasteiger partial charge in [-0.05, 0) is 36.6 Å². The Kier molecular flexibility index (Phi) is 7.45. The molecular weight excluding hydrogens is 376 g/mol. The van der Waals surface area contributed by atoms with Crippen LogP contribution in [0.5, 0.6) is 0 Å². The molecule has 4 rings (SSSR count). The summed E-state index contributed by atoms with van der Waals surface area (Å²) in [6, 6.07) is 15.0. The van der Waals surface area contributed by atoms with Crippen LogP contribution in [-0.4, -0.2) is 66.1 Å². The number of amides is 1. The summed E-state index contributed by atoms with van der Waals surface area (Å²) in [5.74, 6) is 0.283. The molecule has 2 aliphatic heterocycles. The van der Waals surface area contributed by atoms with E-state index in [1.54, 1.807) is 0 Å². The first kappa shape index (κ1) is 21.0. The van der Waals surface area contributed by atoms with Crippen LogP contribution in [0.4, 0.5) is 0 Å². The summed E-state index contributed by atoms with van der Waals surface area (Å²) in [4.78, 5) is 21.6. The van der Waals surface area contributed by atoms with Gasteiger partial charge in [0, 0.05) is 51.0 Å². The van der Waals surface area contributed by atoms with Crippen molar-refractivity contribution in [2.24, 2.45) is 0 Å². The van der Waals surface area contributed by atoms with Crippen molar-refractivity contribution in [3.63, 3.8) is 0 Å².